The standard InChI is InChI=1S/C20H21Cl2N3O2/c21-16-6-5-15(11-17(16)22)19-12-25(9-10-27-19)20(26)14-3-1-13(2-4-14)18-7-8-23-24-18/h1-6,11,18-19,23-24H,7-10,12H2. The predicted octanol–water partition coefficient (Wildman–Crippen LogP) is 3.75. The Balaban J connectivity index is 1.45. The first-order valence-electron chi connectivity index (χ1n) is 9.06. The van der Waals surface area contributed by atoms with E-state index in [9.17, 15) is 4.79 Å². The number of hydrogen-bond donors (Lipinski definition) is 2. The summed E-state index contributed by atoms with van der Waals surface area (Å²) >= 11 is 12.1. The maximum absolute atomic E-state index is 12.9. The molecule has 4 rings (SSSR count). The van der Waals surface area contributed by atoms with Crippen LogP contribution in [0, 0.1) is 0 Å². The van der Waals surface area contributed by atoms with Crippen LogP contribution in [0.5, 0.6) is 0 Å². The van der Waals surface area contributed by atoms with Crippen LogP contribution in [0.25, 0.3) is 0 Å². The predicted molar refractivity (Wildman–Crippen MR) is 106 cm³/mol. The summed E-state index contributed by atoms with van der Waals surface area (Å²) < 4.78 is 5.85. The van der Waals surface area contributed by atoms with Crippen molar-refractivity contribution in [2.45, 2.75) is 18.6 Å². The monoisotopic (exact) mass is 405 g/mol. The Bertz CT molecular complexity index is 822. The summed E-state index contributed by atoms with van der Waals surface area (Å²) in [6, 6.07) is 13.6. The first-order chi connectivity index (χ1) is 13.1. The van der Waals surface area contributed by atoms with E-state index < -0.39 is 0 Å². The van der Waals surface area contributed by atoms with Crippen molar-refractivity contribution in [2.24, 2.45) is 0 Å². The lowest BCUT2D eigenvalue weighted by atomic mass is 10.0. The van der Waals surface area contributed by atoms with Crippen molar-refractivity contribution in [3.8, 4) is 0 Å². The summed E-state index contributed by atoms with van der Waals surface area (Å²) in [5, 5.41) is 1.00. The average Bonchev–Trinajstić information content (AvgIpc) is 3.25. The number of benzene rings is 2. The second-order valence-corrected chi connectivity index (χ2v) is 7.63. The van der Waals surface area contributed by atoms with Crippen molar-refractivity contribution in [3.05, 3.63) is 69.2 Å². The van der Waals surface area contributed by atoms with Gasteiger partial charge in [-0.25, -0.2) is 0 Å². The van der Waals surface area contributed by atoms with Gasteiger partial charge in [0.15, 0.2) is 0 Å². The highest BCUT2D eigenvalue weighted by atomic mass is 35.5. The largest absolute Gasteiger partial charge is 0.370 e. The summed E-state index contributed by atoms with van der Waals surface area (Å²) in [6.07, 6.45) is 0.841. The maximum atomic E-state index is 12.9. The normalized spacial score (nSPS) is 22.8. The second kappa shape index (κ2) is 8.17. The number of hydrogen-bond acceptors (Lipinski definition) is 4. The van der Waals surface area contributed by atoms with Gasteiger partial charge in [0.1, 0.15) is 6.10 Å². The molecule has 2 aliphatic heterocycles. The van der Waals surface area contributed by atoms with E-state index in [1.165, 1.54) is 5.56 Å². The van der Waals surface area contributed by atoms with Gasteiger partial charge in [-0.2, -0.15) is 0 Å². The van der Waals surface area contributed by atoms with Gasteiger partial charge < -0.3 is 9.64 Å². The topological polar surface area (TPSA) is 53.6 Å². The second-order valence-electron chi connectivity index (χ2n) is 6.82. The van der Waals surface area contributed by atoms with Crippen LogP contribution in [-0.4, -0.2) is 37.0 Å². The number of amides is 1. The number of nitrogens with one attached hydrogen (secondary N) is 2. The highest BCUT2D eigenvalue weighted by molar-refractivity contribution is 6.42. The molecule has 2 atom stereocenters. The van der Waals surface area contributed by atoms with Gasteiger partial charge in [0.25, 0.3) is 5.91 Å². The van der Waals surface area contributed by atoms with E-state index in [-0.39, 0.29) is 12.0 Å². The van der Waals surface area contributed by atoms with E-state index >= 15 is 0 Å². The zero-order valence-corrected chi connectivity index (χ0v) is 16.3. The molecular weight excluding hydrogens is 385 g/mol. The zero-order chi connectivity index (χ0) is 18.8. The van der Waals surface area contributed by atoms with Crippen molar-refractivity contribution in [2.75, 3.05) is 26.2 Å². The van der Waals surface area contributed by atoms with Crippen molar-refractivity contribution in [1.29, 1.82) is 0 Å². The fourth-order valence-corrected chi connectivity index (χ4v) is 3.83. The molecule has 2 aromatic rings. The van der Waals surface area contributed by atoms with Crippen LogP contribution >= 0.6 is 23.2 Å². The van der Waals surface area contributed by atoms with Crippen LogP contribution in [0.4, 0.5) is 0 Å². The van der Waals surface area contributed by atoms with E-state index in [1.807, 2.05) is 35.2 Å². The molecule has 0 bridgehead atoms. The van der Waals surface area contributed by atoms with Crippen molar-refractivity contribution < 1.29 is 9.53 Å². The molecule has 2 N–H and O–H groups in total. The summed E-state index contributed by atoms with van der Waals surface area (Å²) in [6.45, 7) is 2.51. The number of rotatable bonds is 3. The molecule has 0 spiro atoms. The lowest BCUT2D eigenvalue weighted by molar-refractivity contribution is -0.0228. The van der Waals surface area contributed by atoms with Gasteiger partial charge in [-0.15, -0.1) is 0 Å². The molecule has 2 aromatic carbocycles. The van der Waals surface area contributed by atoms with Gasteiger partial charge in [0.2, 0.25) is 0 Å². The molecule has 0 aliphatic carbocycles. The first-order valence-corrected chi connectivity index (χ1v) is 9.81. The van der Waals surface area contributed by atoms with Gasteiger partial charge in [0, 0.05) is 24.7 Å². The molecule has 0 saturated carbocycles. The summed E-state index contributed by atoms with van der Waals surface area (Å²) in [5.74, 6) is 0.0208. The minimum absolute atomic E-state index is 0.0208. The minimum Gasteiger partial charge on any atom is -0.370 e. The fourth-order valence-electron chi connectivity index (χ4n) is 3.52. The molecule has 1 amide bonds. The van der Waals surface area contributed by atoms with Crippen LogP contribution in [0.1, 0.15) is 40.1 Å². The number of morpholine rings is 1. The molecule has 142 valence electrons. The first kappa shape index (κ1) is 18.7. The van der Waals surface area contributed by atoms with Crippen LogP contribution in [0.15, 0.2) is 42.5 Å². The molecule has 2 saturated heterocycles. The third-order valence-corrected chi connectivity index (χ3v) is 5.80. The Kier molecular flexibility index (Phi) is 5.66. The van der Waals surface area contributed by atoms with Gasteiger partial charge in [-0.3, -0.25) is 15.6 Å². The lowest BCUT2D eigenvalue weighted by Crippen LogP contribution is -2.42. The van der Waals surface area contributed by atoms with Gasteiger partial charge in [-0.05, 0) is 41.8 Å². The quantitative estimate of drug-likeness (QED) is 0.816. The van der Waals surface area contributed by atoms with Gasteiger partial charge in [0.05, 0.1) is 23.2 Å². The third kappa shape index (κ3) is 4.13. The smallest absolute Gasteiger partial charge is 0.254 e. The molecule has 5 nitrogen and oxygen atoms in total. The SMILES string of the molecule is O=C(c1ccc(C2CCNN2)cc1)N1CCOC(c2ccc(Cl)c(Cl)c2)C1. The molecule has 2 heterocycles. The van der Waals surface area contributed by atoms with Crippen LogP contribution < -0.4 is 10.9 Å². The number of carbonyl (C=O) groups is 1. The van der Waals surface area contributed by atoms with E-state index in [0.717, 1.165) is 18.5 Å². The van der Waals surface area contributed by atoms with E-state index in [0.29, 0.717) is 41.3 Å². The van der Waals surface area contributed by atoms with Crippen LogP contribution in [0.3, 0.4) is 0 Å². The maximum Gasteiger partial charge on any atom is 0.254 e. The Labute approximate surface area is 168 Å². The van der Waals surface area contributed by atoms with E-state index in [2.05, 4.69) is 10.9 Å². The lowest BCUT2D eigenvalue weighted by Gasteiger charge is -2.33. The molecule has 27 heavy (non-hydrogen) atoms. The number of nitrogens with zero attached hydrogens (tertiary/aromatic N) is 1. The molecule has 2 unspecified atom stereocenters. The molecule has 2 aliphatic rings. The Morgan fingerprint density at radius 1 is 1.07 bits per heavy atom. The summed E-state index contributed by atoms with van der Waals surface area (Å²) in [7, 11) is 0. The number of ether oxygens (including phenoxy) is 1. The van der Waals surface area contributed by atoms with Crippen molar-refractivity contribution >= 4 is 29.1 Å². The van der Waals surface area contributed by atoms with Crippen LogP contribution in [0.2, 0.25) is 10.0 Å². The van der Waals surface area contributed by atoms with E-state index in [1.54, 1.807) is 12.1 Å². The molecule has 0 radical (unpaired) electrons. The summed E-state index contributed by atoms with van der Waals surface area (Å²) in [4.78, 5) is 14.8. The molecule has 0 aromatic heterocycles. The Morgan fingerprint density at radius 3 is 2.56 bits per heavy atom. The molecule has 2 fully saturated rings. The summed E-state index contributed by atoms with van der Waals surface area (Å²) in [5.41, 5.74) is 9.18. The highest BCUT2D eigenvalue weighted by Crippen LogP contribution is 2.29. The minimum atomic E-state index is -0.203. The van der Waals surface area contributed by atoms with Gasteiger partial charge in [-0.1, -0.05) is 41.4 Å². The fraction of sp³-hybridized carbons (Fsp3) is 0.350. The number of hydrazine groups is 1. The van der Waals surface area contributed by atoms with E-state index in [4.69, 9.17) is 27.9 Å². The molecular formula is C20H21Cl2N3O2. The number of halogens is 2. The highest BCUT2D eigenvalue weighted by Gasteiger charge is 2.27. The Morgan fingerprint density at radius 2 is 1.85 bits per heavy atom. The zero-order valence-electron chi connectivity index (χ0n) is 14.8. The number of carbonyl (C=O) groups excluding carboxylic acids is 1. The average molecular weight is 406 g/mol. The molecule has 7 heteroatoms. The Hall–Kier alpha value is -1.63. The van der Waals surface area contributed by atoms with Crippen molar-refractivity contribution in [3.63, 3.8) is 0 Å². The third-order valence-electron chi connectivity index (χ3n) is 5.06. The van der Waals surface area contributed by atoms with Crippen molar-refractivity contribution in [1.82, 2.24) is 15.8 Å². The van der Waals surface area contributed by atoms with Gasteiger partial charge >= 0.3 is 0 Å². The van der Waals surface area contributed by atoms with Crippen LogP contribution in [-0.2, 0) is 4.74 Å².